The molecule has 32 heavy (non-hydrogen) atoms. The van der Waals surface area contributed by atoms with Crippen molar-refractivity contribution in [3.63, 3.8) is 0 Å². The van der Waals surface area contributed by atoms with Gasteiger partial charge in [-0.25, -0.2) is 9.18 Å². The van der Waals surface area contributed by atoms with Crippen molar-refractivity contribution in [2.24, 2.45) is 0 Å². The average Bonchev–Trinajstić information content (AvgIpc) is 2.79. The number of nitrogens with one attached hydrogen (secondary N) is 1. The number of halogens is 2. The summed E-state index contributed by atoms with van der Waals surface area (Å²) in [5.41, 5.74) is -0.408. The van der Waals surface area contributed by atoms with Crippen LogP contribution in [0.4, 0.5) is 4.39 Å². The Morgan fingerprint density at radius 2 is 1.88 bits per heavy atom. The van der Waals surface area contributed by atoms with Gasteiger partial charge in [0.15, 0.2) is 0 Å². The number of carbonyl (C=O) groups is 2. The van der Waals surface area contributed by atoms with Gasteiger partial charge in [-0.05, 0) is 18.6 Å². The molecule has 0 aliphatic carbocycles. The Kier molecular flexibility index (Phi) is 7.62. The van der Waals surface area contributed by atoms with Crippen molar-refractivity contribution in [2.45, 2.75) is 20.1 Å². The highest BCUT2D eigenvalue weighted by Crippen LogP contribution is 2.19. The molecule has 0 aliphatic heterocycles. The summed E-state index contributed by atoms with van der Waals surface area (Å²) < 4.78 is 29.7. The maximum Gasteiger partial charge on any atom is 0.378 e. The highest BCUT2D eigenvalue weighted by atomic mass is 35.5. The van der Waals surface area contributed by atoms with Crippen molar-refractivity contribution in [1.82, 2.24) is 5.32 Å². The molecule has 0 unspecified atom stereocenters. The van der Waals surface area contributed by atoms with Crippen LogP contribution in [0.25, 0.3) is 0 Å². The van der Waals surface area contributed by atoms with Crippen LogP contribution in [-0.2, 0) is 17.9 Å². The van der Waals surface area contributed by atoms with E-state index in [0.717, 1.165) is 11.8 Å². The molecule has 9 heteroatoms. The summed E-state index contributed by atoms with van der Waals surface area (Å²) in [4.78, 5) is 37.7. The summed E-state index contributed by atoms with van der Waals surface area (Å²) in [5.74, 6) is -3.32. The lowest BCUT2D eigenvalue weighted by Gasteiger charge is -2.11. The fraction of sp³-hybridized carbons (Fsp3) is 0.174. The Hall–Kier alpha value is -3.65. The minimum absolute atomic E-state index is 0.0448. The Morgan fingerprint density at radius 1 is 1.12 bits per heavy atom. The van der Waals surface area contributed by atoms with E-state index in [1.807, 2.05) is 6.07 Å². The molecule has 0 radical (unpaired) electrons. The number of esters is 1. The van der Waals surface area contributed by atoms with E-state index in [-0.39, 0.29) is 30.3 Å². The van der Waals surface area contributed by atoms with Gasteiger partial charge in [0, 0.05) is 12.1 Å². The summed E-state index contributed by atoms with van der Waals surface area (Å²) in [6.45, 7) is 1.38. The smallest absolute Gasteiger partial charge is 0.378 e. The van der Waals surface area contributed by atoms with Crippen molar-refractivity contribution in [2.75, 3.05) is 6.61 Å². The van der Waals surface area contributed by atoms with Crippen molar-refractivity contribution in [3.05, 3.63) is 98.3 Å². The quantitative estimate of drug-likeness (QED) is 0.509. The Balaban J connectivity index is 1.87. The van der Waals surface area contributed by atoms with Gasteiger partial charge in [-0.1, -0.05) is 54.1 Å². The zero-order chi connectivity index (χ0) is 23.1. The lowest BCUT2D eigenvalue weighted by atomic mass is 10.2. The summed E-state index contributed by atoms with van der Waals surface area (Å²) in [6.07, 6.45) is 0.841. The molecule has 0 spiro atoms. The van der Waals surface area contributed by atoms with E-state index in [0.29, 0.717) is 0 Å². The molecule has 0 saturated carbocycles. The first-order valence-electron chi connectivity index (χ1n) is 9.63. The molecule has 1 N–H and O–H groups in total. The van der Waals surface area contributed by atoms with Gasteiger partial charge in [-0.2, -0.15) is 0 Å². The third kappa shape index (κ3) is 5.33. The van der Waals surface area contributed by atoms with Gasteiger partial charge in [-0.15, -0.1) is 0 Å². The Bertz CT molecular complexity index is 1180. The molecule has 1 aromatic heterocycles. The normalized spacial score (nSPS) is 10.5. The lowest BCUT2D eigenvalue weighted by Crippen LogP contribution is -2.30. The number of carbonyl (C=O) groups excluding carboxylic acids is 2. The third-order valence-electron chi connectivity index (χ3n) is 4.35. The Morgan fingerprint density at radius 3 is 2.59 bits per heavy atom. The number of hydrogen-bond donors (Lipinski definition) is 1. The number of hydrogen-bond acceptors (Lipinski definition) is 6. The van der Waals surface area contributed by atoms with Crippen LogP contribution in [0.2, 0.25) is 5.02 Å². The summed E-state index contributed by atoms with van der Waals surface area (Å²) in [6, 6.07) is 13.3. The van der Waals surface area contributed by atoms with E-state index in [1.54, 1.807) is 31.2 Å². The fourth-order valence-electron chi connectivity index (χ4n) is 2.76. The molecule has 0 fully saturated rings. The molecule has 0 saturated heterocycles. The number of amides is 1. The predicted molar refractivity (Wildman–Crippen MR) is 114 cm³/mol. The third-order valence-corrected chi connectivity index (χ3v) is 4.65. The molecule has 7 nitrogen and oxygen atoms in total. The standard InChI is InChI=1S/C23H19ClFNO6/c1-2-30-23(29)21-20(31-12-14-7-4-3-5-8-14)19(27)16(13-32-21)22(28)26-11-15-9-6-10-17(24)18(15)25/h3-10,13H,2,11-12H2,1H3,(H,26,28). The van der Waals surface area contributed by atoms with Crippen LogP contribution >= 0.6 is 11.6 Å². The molecule has 0 bridgehead atoms. The first-order chi connectivity index (χ1) is 15.4. The van der Waals surface area contributed by atoms with E-state index >= 15 is 0 Å². The maximum absolute atomic E-state index is 14.0. The van der Waals surface area contributed by atoms with E-state index in [2.05, 4.69) is 5.32 Å². The monoisotopic (exact) mass is 459 g/mol. The summed E-state index contributed by atoms with van der Waals surface area (Å²) in [7, 11) is 0. The molecule has 3 aromatic rings. The predicted octanol–water partition coefficient (Wildman–Crippen LogP) is 4.12. The summed E-state index contributed by atoms with van der Waals surface area (Å²) in [5, 5.41) is 2.34. The van der Waals surface area contributed by atoms with Crippen molar-refractivity contribution >= 4 is 23.5 Å². The van der Waals surface area contributed by atoms with E-state index < -0.39 is 40.2 Å². The molecular weight excluding hydrogens is 441 g/mol. The van der Waals surface area contributed by atoms with Gasteiger partial charge < -0.3 is 19.2 Å². The molecule has 166 valence electrons. The number of benzene rings is 2. The highest BCUT2D eigenvalue weighted by molar-refractivity contribution is 6.30. The second kappa shape index (κ2) is 10.6. The fourth-order valence-corrected chi connectivity index (χ4v) is 2.96. The van der Waals surface area contributed by atoms with Gasteiger partial charge >= 0.3 is 5.97 Å². The highest BCUT2D eigenvalue weighted by Gasteiger charge is 2.25. The van der Waals surface area contributed by atoms with Crippen LogP contribution in [-0.4, -0.2) is 18.5 Å². The van der Waals surface area contributed by atoms with E-state index in [9.17, 15) is 18.8 Å². The summed E-state index contributed by atoms with van der Waals surface area (Å²) >= 11 is 5.74. The van der Waals surface area contributed by atoms with Crippen LogP contribution in [0, 0.1) is 5.82 Å². The minimum Gasteiger partial charge on any atom is -0.481 e. The average molecular weight is 460 g/mol. The van der Waals surface area contributed by atoms with Crippen molar-refractivity contribution in [1.29, 1.82) is 0 Å². The molecular formula is C23H19ClFNO6. The molecule has 1 heterocycles. The second-order valence-corrected chi connectivity index (χ2v) is 6.93. The van der Waals surface area contributed by atoms with E-state index in [1.165, 1.54) is 18.2 Å². The maximum atomic E-state index is 14.0. The van der Waals surface area contributed by atoms with Crippen LogP contribution < -0.4 is 15.5 Å². The first-order valence-corrected chi connectivity index (χ1v) is 10.0. The van der Waals surface area contributed by atoms with Gasteiger partial charge in [0.25, 0.3) is 11.7 Å². The van der Waals surface area contributed by atoms with Crippen LogP contribution in [0.1, 0.15) is 39.0 Å². The largest absolute Gasteiger partial charge is 0.481 e. The lowest BCUT2D eigenvalue weighted by molar-refractivity contribution is 0.0477. The molecule has 2 aromatic carbocycles. The molecule has 0 aliphatic rings. The van der Waals surface area contributed by atoms with Gasteiger partial charge in [-0.3, -0.25) is 9.59 Å². The van der Waals surface area contributed by atoms with Gasteiger partial charge in [0.2, 0.25) is 11.2 Å². The van der Waals surface area contributed by atoms with Gasteiger partial charge in [0.05, 0.1) is 11.6 Å². The van der Waals surface area contributed by atoms with Gasteiger partial charge in [0.1, 0.15) is 24.3 Å². The van der Waals surface area contributed by atoms with E-state index in [4.69, 9.17) is 25.5 Å². The van der Waals surface area contributed by atoms with Crippen LogP contribution in [0.15, 0.2) is 64.0 Å². The van der Waals surface area contributed by atoms with Crippen molar-refractivity contribution < 1.29 is 27.9 Å². The second-order valence-electron chi connectivity index (χ2n) is 6.53. The Labute approximate surface area is 187 Å². The van der Waals surface area contributed by atoms with Crippen LogP contribution in [0.3, 0.4) is 0 Å². The van der Waals surface area contributed by atoms with Crippen molar-refractivity contribution in [3.8, 4) is 5.75 Å². The molecule has 0 atom stereocenters. The number of ether oxygens (including phenoxy) is 2. The zero-order valence-electron chi connectivity index (χ0n) is 17.0. The number of rotatable bonds is 8. The van der Waals surface area contributed by atoms with Crippen LogP contribution in [0.5, 0.6) is 5.75 Å². The SMILES string of the molecule is CCOC(=O)c1occ(C(=O)NCc2cccc(Cl)c2F)c(=O)c1OCc1ccccc1. The molecule has 3 rings (SSSR count). The minimum atomic E-state index is -0.902. The first kappa shape index (κ1) is 23.0. The molecule has 1 amide bonds. The zero-order valence-corrected chi connectivity index (χ0v) is 17.8. The topological polar surface area (TPSA) is 94.8 Å².